The molecule has 4 heterocycles. The second kappa shape index (κ2) is 10.6. The second-order valence-electron chi connectivity index (χ2n) is 8.93. The van der Waals surface area contributed by atoms with E-state index < -0.39 is 0 Å². The van der Waals surface area contributed by atoms with E-state index in [1.54, 1.807) is 10.8 Å². The van der Waals surface area contributed by atoms with Crippen molar-refractivity contribution >= 4 is 23.4 Å². The van der Waals surface area contributed by atoms with E-state index in [0.29, 0.717) is 28.8 Å². The van der Waals surface area contributed by atoms with Crippen LogP contribution in [0, 0.1) is 13.8 Å². The summed E-state index contributed by atoms with van der Waals surface area (Å²) in [6, 6.07) is 13.6. The summed E-state index contributed by atoms with van der Waals surface area (Å²) >= 11 is 1.50. The second-order valence-corrected chi connectivity index (χ2v) is 9.87. The Morgan fingerprint density at radius 2 is 1.94 bits per heavy atom. The third kappa shape index (κ3) is 5.41. The zero-order valence-corrected chi connectivity index (χ0v) is 20.9. The topological polar surface area (TPSA) is 88.6 Å². The molecule has 3 aromatic heterocycles. The Morgan fingerprint density at radius 1 is 1.11 bits per heavy atom. The molecule has 0 bridgehead atoms. The van der Waals surface area contributed by atoms with E-state index in [4.69, 9.17) is 4.42 Å². The number of thioether (sulfide) groups is 1. The highest BCUT2D eigenvalue weighted by molar-refractivity contribution is 7.98. The highest BCUT2D eigenvalue weighted by Gasteiger charge is 2.25. The van der Waals surface area contributed by atoms with E-state index in [-0.39, 0.29) is 11.9 Å². The molecule has 1 N–H and O–H groups in total. The molecule has 0 aliphatic carbocycles. The molecule has 0 radical (unpaired) electrons. The molecule has 9 heteroatoms. The zero-order chi connectivity index (χ0) is 24.2. The van der Waals surface area contributed by atoms with Crippen molar-refractivity contribution in [1.82, 2.24) is 29.8 Å². The summed E-state index contributed by atoms with van der Waals surface area (Å²) in [4.78, 5) is 24.7. The number of likely N-dealkylation sites (tertiary alicyclic amines) is 1. The van der Waals surface area contributed by atoms with Gasteiger partial charge in [-0.25, -0.2) is 9.50 Å². The van der Waals surface area contributed by atoms with Crippen LogP contribution < -0.4 is 5.32 Å². The average molecular weight is 491 g/mol. The Kier molecular flexibility index (Phi) is 7.15. The van der Waals surface area contributed by atoms with E-state index in [9.17, 15) is 4.79 Å². The maximum atomic E-state index is 13.2. The number of aryl methyl sites for hydroxylation is 2. The van der Waals surface area contributed by atoms with Gasteiger partial charge in [-0.05, 0) is 69.6 Å². The lowest BCUT2D eigenvalue weighted by atomic mass is 10.1. The number of nitrogens with zero attached hydrogens (tertiary/aromatic N) is 5. The Labute approximate surface area is 209 Å². The molecule has 1 fully saturated rings. The van der Waals surface area contributed by atoms with Crippen molar-refractivity contribution in [1.29, 1.82) is 0 Å². The van der Waals surface area contributed by atoms with Crippen LogP contribution in [0.25, 0.3) is 5.78 Å². The highest BCUT2D eigenvalue weighted by atomic mass is 32.2. The average Bonchev–Trinajstić information content (AvgIpc) is 3.54. The molecule has 1 aromatic carbocycles. The summed E-state index contributed by atoms with van der Waals surface area (Å²) < 4.78 is 7.47. The van der Waals surface area contributed by atoms with Gasteiger partial charge in [0.15, 0.2) is 0 Å². The maximum Gasteiger partial charge on any atom is 0.253 e. The zero-order valence-electron chi connectivity index (χ0n) is 20.1. The molecular formula is C26H30N6O2S. The van der Waals surface area contributed by atoms with E-state index in [2.05, 4.69) is 25.3 Å². The molecule has 4 aromatic rings. The monoisotopic (exact) mass is 490 g/mol. The van der Waals surface area contributed by atoms with E-state index >= 15 is 0 Å². The lowest BCUT2D eigenvalue weighted by molar-refractivity contribution is 0.0913. The number of hydrogen-bond donors (Lipinski definition) is 1. The minimum atomic E-state index is -0.0779. The third-order valence-electron chi connectivity index (χ3n) is 6.38. The van der Waals surface area contributed by atoms with Gasteiger partial charge in [-0.15, -0.1) is 5.10 Å². The van der Waals surface area contributed by atoms with Gasteiger partial charge < -0.3 is 9.73 Å². The lowest BCUT2D eigenvalue weighted by Gasteiger charge is -2.33. The minimum absolute atomic E-state index is 0.0390. The predicted molar refractivity (Wildman–Crippen MR) is 135 cm³/mol. The number of piperidine rings is 1. The first-order chi connectivity index (χ1) is 17.1. The highest BCUT2D eigenvalue weighted by Crippen LogP contribution is 2.26. The van der Waals surface area contributed by atoms with Crippen LogP contribution >= 0.6 is 11.8 Å². The standard InChI is InChI=1S/C26H30N6O2S/c1-18-15-19(2)32-25(28-18)29-26(30-32)35-17-20-9-4-5-10-21(20)24(33)27-16-22(23-11-8-14-34-23)31-12-6-3-7-13-31/h4-5,8-11,14-15,22H,3,6-7,12-13,16-17H2,1-2H3,(H,27,33). The van der Waals surface area contributed by atoms with Crippen molar-refractivity contribution in [3.63, 3.8) is 0 Å². The number of rotatable bonds is 8. The first-order valence-corrected chi connectivity index (χ1v) is 13.0. The quantitative estimate of drug-likeness (QED) is 0.362. The first kappa shape index (κ1) is 23.6. The number of furan rings is 1. The van der Waals surface area contributed by atoms with Gasteiger partial charge in [-0.2, -0.15) is 4.98 Å². The summed E-state index contributed by atoms with van der Waals surface area (Å²) in [5.74, 6) is 2.00. The summed E-state index contributed by atoms with van der Waals surface area (Å²) in [7, 11) is 0. The Balaban J connectivity index is 1.27. The summed E-state index contributed by atoms with van der Waals surface area (Å²) in [5, 5.41) is 8.38. The number of hydrogen-bond acceptors (Lipinski definition) is 7. The fourth-order valence-corrected chi connectivity index (χ4v) is 5.45. The smallest absolute Gasteiger partial charge is 0.253 e. The minimum Gasteiger partial charge on any atom is -0.468 e. The molecule has 1 amide bonds. The van der Waals surface area contributed by atoms with Crippen LogP contribution in [-0.4, -0.2) is 50.0 Å². The van der Waals surface area contributed by atoms with Crippen molar-refractivity contribution in [3.8, 4) is 0 Å². The number of carbonyl (C=O) groups excluding carboxylic acids is 1. The van der Waals surface area contributed by atoms with Crippen molar-refractivity contribution < 1.29 is 9.21 Å². The number of carbonyl (C=O) groups is 1. The van der Waals surface area contributed by atoms with Crippen molar-refractivity contribution in [3.05, 3.63) is 77.0 Å². The van der Waals surface area contributed by atoms with Crippen molar-refractivity contribution in [2.45, 2.75) is 50.1 Å². The van der Waals surface area contributed by atoms with Crippen LogP contribution in [0.4, 0.5) is 0 Å². The number of aromatic nitrogens is 4. The lowest BCUT2D eigenvalue weighted by Crippen LogP contribution is -2.40. The van der Waals surface area contributed by atoms with Gasteiger partial charge >= 0.3 is 0 Å². The molecule has 0 saturated carbocycles. The SMILES string of the molecule is Cc1cc(C)n2nc(SCc3ccccc3C(=O)NCC(c3ccco3)N3CCCCC3)nc2n1. The van der Waals surface area contributed by atoms with E-state index in [1.165, 1.54) is 31.0 Å². The van der Waals surface area contributed by atoms with Gasteiger partial charge in [0, 0.05) is 29.2 Å². The molecule has 8 nitrogen and oxygen atoms in total. The van der Waals surface area contributed by atoms with Crippen LogP contribution in [0.5, 0.6) is 0 Å². The van der Waals surface area contributed by atoms with Crippen LogP contribution in [0.3, 0.4) is 0 Å². The fraction of sp³-hybridized carbons (Fsp3) is 0.385. The Morgan fingerprint density at radius 3 is 2.74 bits per heavy atom. The van der Waals surface area contributed by atoms with Crippen LogP contribution in [0.2, 0.25) is 0 Å². The maximum absolute atomic E-state index is 13.2. The first-order valence-electron chi connectivity index (χ1n) is 12.1. The van der Waals surface area contributed by atoms with Gasteiger partial charge in [-0.1, -0.05) is 36.4 Å². The predicted octanol–water partition coefficient (Wildman–Crippen LogP) is 4.58. The third-order valence-corrected chi connectivity index (χ3v) is 7.26. The van der Waals surface area contributed by atoms with Crippen molar-refractivity contribution in [2.24, 2.45) is 0 Å². The van der Waals surface area contributed by atoms with Crippen LogP contribution in [-0.2, 0) is 5.75 Å². The van der Waals surface area contributed by atoms with Gasteiger partial charge in [-0.3, -0.25) is 9.69 Å². The Hall–Kier alpha value is -3.17. The molecule has 5 rings (SSSR count). The van der Waals surface area contributed by atoms with Crippen LogP contribution in [0.1, 0.15) is 58.4 Å². The van der Waals surface area contributed by atoms with Crippen molar-refractivity contribution in [2.75, 3.05) is 19.6 Å². The summed E-state index contributed by atoms with van der Waals surface area (Å²) in [6.07, 6.45) is 5.31. The van der Waals surface area contributed by atoms with Gasteiger partial charge in [0.2, 0.25) is 5.16 Å². The van der Waals surface area contributed by atoms with Crippen LogP contribution in [0.15, 0.2) is 58.3 Å². The molecule has 35 heavy (non-hydrogen) atoms. The van der Waals surface area contributed by atoms with E-state index in [0.717, 1.165) is 35.8 Å². The number of fused-ring (bicyclic) bond motifs is 1. The number of amides is 1. The Bertz CT molecular complexity index is 1300. The molecule has 1 aliphatic rings. The number of nitrogens with one attached hydrogen (secondary N) is 1. The normalized spacial score (nSPS) is 15.4. The molecular weight excluding hydrogens is 460 g/mol. The van der Waals surface area contributed by atoms with E-state index in [1.807, 2.05) is 56.3 Å². The summed E-state index contributed by atoms with van der Waals surface area (Å²) in [5.41, 5.74) is 3.53. The van der Waals surface area contributed by atoms with Gasteiger partial charge in [0.05, 0.1) is 12.3 Å². The molecule has 0 spiro atoms. The summed E-state index contributed by atoms with van der Waals surface area (Å²) in [6.45, 7) is 6.49. The largest absolute Gasteiger partial charge is 0.468 e. The molecule has 1 aliphatic heterocycles. The van der Waals surface area contributed by atoms with Gasteiger partial charge in [0.25, 0.3) is 11.7 Å². The fourth-order valence-electron chi connectivity index (χ4n) is 4.62. The molecule has 1 atom stereocenters. The molecule has 182 valence electrons. The molecule has 1 saturated heterocycles. The number of benzene rings is 1. The molecule has 1 unspecified atom stereocenters. The van der Waals surface area contributed by atoms with Gasteiger partial charge in [0.1, 0.15) is 5.76 Å².